The summed E-state index contributed by atoms with van der Waals surface area (Å²) in [7, 11) is 1.68. The van der Waals surface area contributed by atoms with Crippen LogP contribution < -0.4 is 4.90 Å². The summed E-state index contributed by atoms with van der Waals surface area (Å²) in [5.41, 5.74) is 2.11. The molecule has 3 aromatic heterocycles. The Morgan fingerprint density at radius 2 is 2.21 bits per heavy atom. The van der Waals surface area contributed by atoms with Crippen molar-refractivity contribution in [2.24, 2.45) is 0 Å². The second-order valence-corrected chi connectivity index (χ2v) is 6.21. The van der Waals surface area contributed by atoms with Gasteiger partial charge in [-0.25, -0.2) is 4.98 Å². The van der Waals surface area contributed by atoms with Gasteiger partial charge in [-0.05, 0) is 38.8 Å². The smallest absolute Gasteiger partial charge is 0.254 e. The third kappa shape index (κ3) is 2.36. The number of ether oxygens (including phenoxy) is 1. The Labute approximate surface area is 140 Å². The van der Waals surface area contributed by atoms with Gasteiger partial charge in [-0.3, -0.25) is 0 Å². The molecule has 0 aliphatic carbocycles. The van der Waals surface area contributed by atoms with Gasteiger partial charge in [0.1, 0.15) is 30.3 Å². The molecule has 3 aromatic rings. The Morgan fingerprint density at radius 1 is 1.33 bits per heavy atom. The standard InChI is InChI=1S/C17H21N5O2/c1-11-12(2)20-17-18-10-19-22(17)16(11)21-8-4-5-14(21)15-7-6-13(24-15)9-23-3/h6-7,10,14H,4-5,8-9H2,1-3H3. The van der Waals surface area contributed by atoms with Crippen LogP contribution in [0.3, 0.4) is 0 Å². The minimum Gasteiger partial charge on any atom is -0.461 e. The molecule has 0 bridgehead atoms. The number of rotatable bonds is 4. The van der Waals surface area contributed by atoms with Gasteiger partial charge in [0, 0.05) is 24.9 Å². The molecule has 7 heteroatoms. The number of hydrogen-bond acceptors (Lipinski definition) is 6. The second-order valence-electron chi connectivity index (χ2n) is 6.21. The lowest BCUT2D eigenvalue weighted by molar-refractivity contribution is 0.162. The van der Waals surface area contributed by atoms with Gasteiger partial charge < -0.3 is 14.1 Å². The zero-order valence-electron chi connectivity index (χ0n) is 14.2. The molecule has 24 heavy (non-hydrogen) atoms. The Hall–Kier alpha value is -2.41. The summed E-state index contributed by atoms with van der Waals surface area (Å²) >= 11 is 0. The van der Waals surface area contributed by atoms with Gasteiger partial charge in [0.2, 0.25) is 0 Å². The Bertz CT molecular complexity index is 869. The molecule has 1 atom stereocenters. The van der Waals surface area contributed by atoms with Crippen LogP contribution in [0.25, 0.3) is 5.78 Å². The fraction of sp³-hybridized carbons (Fsp3) is 0.471. The van der Waals surface area contributed by atoms with Gasteiger partial charge in [-0.2, -0.15) is 14.6 Å². The summed E-state index contributed by atoms with van der Waals surface area (Å²) in [6.07, 6.45) is 3.72. The average molecular weight is 327 g/mol. The molecule has 4 heterocycles. The molecule has 7 nitrogen and oxygen atoms in total. The normalized spacial score (nSPS) is 18.0. The minimum atomic E-state index is 0.198. The van der Waals surface area contributed by atoms with Gasteiger partial charge in [0.05, 0.1) is 6.04 Å². The molecule has 0 aromatic carbocycles. The number of nitrogens with zero attached hydrogens (tertiary/aromatic N) is 5. The number of hydrogen-bond donors (Lipinski definition) is 0. The molecule has 0 amide bonds. The van der Waals surface area contributed by atoms with Crippen LogP contribution in [-0.4, -0.2) is 33.2 Å². The fourth-order valence-corrected chi connectivity index (χ4v) is 3.46. The summed E-state index contributed by atoms with van der Waals surface area (Å²) in [6.45, 7) is 5.56. The molecule has 126 valence electrons. The monoisotopic (exact) mass is 327 g/mol. The van der Waals surface area contributed by atoms with Crippen molar-refractivity contribution >= 4 is 11.6 Å². The van der Waals surface area contributed by atoms with Crippen LogP contribution in [0.2, 0.25) is 0 Å². The first-order chi connectivity index (χ1) is 11.7. The van der Waals surface area contributed by atoms with Crippen molar-refractivity contribution < 1.29 is 9.15 Å². The van der Waals surface area contributed by atoms with Crippen molar-refractivity contribution in [1.29, 1.82) is 0 Å². The van der Waals surface area contributed by atoms with E-state index in [0.29, 0.717) is 12.4 Å². The predicted octanol–water partition coefficient (Wildman–Crippen LogP) is 2.82. The van der Waals surface area contributed by atoms with E-state index in [9.17, 15) is 0 Å². The molecule has 0 saturated carbocycles. The van der Waals surface area contributed by atoms with Crippen LogP contribution in [0, 0.1) is 13.8 Å². The lowest BCUT2D eigenvalue weighted by atomic mass is 10.1. The number of furan rings is 1. The van der Waals surface area contributed by atoms with Crippen LogP contribution in [0.5, 0.6) is 0 Å². The zero-order valence-corrected chi connectivity index (χ0v) is 14.2. The van der Waals surface area contributed by atoms with Gasteiger partial charge in [-0.15, -0.1) is 0 Å². The van der Waals surface area contributed by atoms with E-state index >= 15 is 0 Å². The maximum Gasteiger partial charge on any atom is 0.254 e. The number of fused-ring (bicyclic) bond motifs is 1. The number of aromatic nitrogens is 4. The number of anilines is 1. The third-order valence-corrected chi connectivity index (χ3v) is 4.70. The first-order valence-electron chi connectivity index (χ1n) is 8.20. The van der Waals surface area contributed by atoms with E-state index in [1.165, 1.54) is 0 Å². The van der Waals surface area contributed by atoms with E-state index in [0.717, 1.165) is 48.0 Å². The highest BCUT2D eigenvalue weighted by atomic mass is 16.5. The lowest BCUT2D eigenvalue weighted by Gasteiger charge is -2.27. The van der Waals surface area contributed by atoms with E-state index in [-0.39, 0.29) is 6.04 Å². The minimum absolute atomic E-state index is 0.198. The van der Waals surface area contributed by atoms with Crippen molar-refractivity contribution in [1.82, 2.24) is 19.6 Å². The quantitative estimate of drug-likeness (QED) is 0.734. The first-order valence-corrected chi connectivity index (χ1v) is 8.20. The number of aryl methyl sites for hydroxylation is 1. The summed E-state index contributed by atoms with van der Waals surface area (Å²) in [6, 6.07) is 4.24. The molecule has 0 spiro atoms. The largest absolute Gasteiger partial charge is 0.461 e. The van der Waals surface area contributed by atoms with Crippen LogP contribution in [0.4, 0.5) is 5.82 Å². The average Bonchev–Trinajstić information content (AvgIpc) is 3.28. The fourth-order valence-electron chi connectivity index (χ4n) is 3.46. The third-order valence-electron chi connectivity index (χ3n) is 4.70. The highest BCUT2D eigenvalue weighted by Crippen LogP contribution is 2.38. The molecule has 1 saturated heterocycles. The van der Waals surface area contributed by atoms with Crippen molar-refractivity contribution in [2.75, 3.05) is 18.6 Å². The lowest BCUT2D eigenvalue weighted by Crippen LogP contribution is -2.26. The maximum atomic E-state index is 6.00. The summed E-state index contributed by atoms with van der Waals surface area (Å²) in [5, 5.41) is 4.38. The van der Waals surface area contributed by atoms with Crippen LogP contribution in [0.1, 0.15) is 41.7 Å². The van der Waals surface area contributed by atoms with Crippen LogP contribution in [0.15, 0.2) is 22.9 Å². The zero-order chi connectivity index (χ0) is 16.7. The predicted molar refractivity (Wildman–Crippen MR) is 89.0 cm³/mol. The molecule has 1 unspecified atom stereocenters. The highest BCUT2D eigenvalue weighted by molar-refractivity contribution is 5.55. The van der Waals surface area contributed by atoms with E-state index in [4.69, 9.17) is 9.15 Å². The Balaban J connectivity index is 1.77. The van der Waals surface area contributed by atoms with E-state index in [2.05, 4.69) is 33.0 Å². The molecular formula is C17H21N5O2. The Kier molecular flexibility index (Phi) is 3.72. The SMILES string of the molecule is COCc1ccc(C2CCCN2c2c(C)c(C)nc3ncnn23)o1. The maximum absolute atomic E-state index is 6.00. The van der Waals surface area contributed by atoms with Crippen molar-refractivity contribution in [2.45, 2.75) is 39.3 Å². The molecule has 1 aliphatic rings. The molecule has 1 fully saturated rings. The van der Waals surface area contributed by atoms with Crippen LogP contribution in [-0.2, 0) is 11.3 Å². The first kappa shape index (κ1) is 15.1. The van der Waals surface area contributed by atoms with Crippen molar-refractivity contribution in [3.8, 4) is 0 Å². The second kappa shape index (κ2) is 5.90. The van der Waals surface area contributed by atoms with E-state index in [1.54, 1.807) is 13.4 Å². The highest BCUT2D eigenvalue weighted by Gasteiger charge is 2.32. The topological polar surface area (TPSA) is 68.7 Å². The van der Waals surface area contributed by atoms with Crippen molar-refractivity contribution in [3.05, 3.63) is 41.2 Å². The molecular weight excluding hydrogens is 306 g/mol. The van der Waals surface area contributed by atoms with E-state index in [1.807, 2.05) is 17.5 Å². The number of methoxy groups -OCH3 is 1. The molecule has 1 aliphatic heterocycles. The Morgan fingerprint density at radius 3 is 3.04 bits per heavy atom. The van der Waals surface area contributed by atoms with Gasteiger partial charge in [-0.1, -0.05) is 0 Å². The molecule has 0 N–H and O–H groups in total. The van der Waals surface area contributed by atoms with E-state index < -0.39 is 0 Å². The summed E-state index contributed by atoms with van der Waals surface area (Å²) in [4.78, 5) is 11.1. The molecule has 4 rings (SSSR count). The summed E-state index contributed by atoms with van der Waals surface area (Å²) in [5.74, 6) is 3.52. The van der Waals surface area contributed by atoms with Crippen LogP contribution >= 0.6 is 0 Å². The van der Waals surface area contributed by atoms with Gasteiger partial charge in [0.15, 0.2) is 0 Å². The summed E-state index contributed by atoms with van der Waals surface area (Å²) < 4.78 is 13.0. The van der Waals surface area contributed by atoms with Gasteiger partial charge >= 0.3 is 0 Å². The van der Waals surface area contributed by atoms with Gasteiger partial charge in [0.25, 0.3) is 5.78 Å². The molecule has 0 radical (unpaired) electrons. The van der Waals surface area contributed by atoms with Crippen molar-refractivity contribution in [3.63, 3.8) is 0 Å².